The van der Waals surface area contributed by atoms with Crippen molar-refractivity contribution in [2.75, 3.05) is 26.2 Å². The fraction of sp³-hybridized carbons (Fsp3) is 0.625. The van der Waals surface area contributed by atoms with Gasteiger partial charge in [-0.1, -0.05) is 32.3 Å². The minimum atomic E-state index is -0.155. The maximum atomic E-state index is 13.8. The van der Waals surface area contributed by atoms with Crippen LogP contribution >= 0.6 is 40.7 Å². The molecule has 2 rings (SSSR count). The van der Waals surface area contributed by atoms with E-state index in [4.69, 9.17) is 0 Å². The van der Waals surface area contributed by atoms with Crippen molar-refractivity contribution in [1.82, 2.24) is 10.2 Å². The molecule has 1 aliphatic heterocycles. The molecule has 0 spiro atoms. The number of nitrogens with one attached hydrogen (secondary N) is 1. The number of piperazine rings is 1. The molecule has 6 heteroatoms. The predicted molar refractivity (Wildman–Crippen MR) is 99.9 cm³/mol. The average molecular weight is 416 g/mol. The molecule has 1 aromatic carbocycles. The summed E-state index contributed by atoms with van der Waals surface area (Å²) in [5.41, 5.74) is 1.11. The van der Waals surface area contributed by atoms with Crippen molar-refractivity contribution >= 4 is 40.7 Å². The molecule has 0 amide bonds. The number of benzene rings is 1. The second kappa shape index (κ2) is 11.6. The largest absolute Gasteiger partial charge is 0.314 e. The van der Waals surface area contributed by atoms with E-state index in [-0.39, 0.29) is 30.6 Å². The van der Waals surface area contributed by atoms with Crippen molar-refractivity contribution in [1.29, 1.82) is 0 Å². The van der Waals surface area contributed by atoms with Gasteiger partial charge >= 0.3 is 0 Å². The lowest BCUT2D eigenvalue weighted by molar-refractivity contribution is 0.162. The number of rotatable bonds is 6. The van der Waals surface area contributed by atoms with E-state index in [1.54, 1.807) is 6.07 Å². The molecule has 1 saturated heterocycles. The van der Waals surface area contributed by atoms with E-state index in [2.05, 4.69) is 39.1 Å². The molecule has 1 atom stereocenters. The summed E-state index contributed by atoms with van der Waals surface area (Å²) in [6, 6.07) is 5.94. The second-order valence-corrected chi connectivity index (χ2v) is 6.33. The van der Waals surface area contributed by atoms with Crippen molar-refractivity contribution < 1.29 is 4.39 Å². The summed E-state index contributed by atoms with van der Waals surface area (Å²) in [5, 5.41) is 3.39. The van der Waals surface area contributed by atoms with Gasteiger partial charge in [0.1, 0.15) is 5.82 Å². The lowest BCUT2D eigenvalue weighted by Gasteiger charge is -2.35. The first-order valence-electron chi connectivity index (χ1n) is 7.62. The summed E-state index contributed by atoms with van der Waals surface area (Å²) >= 11 is 3.24. The van der Waals surface area contributed by atoms with Crippen LogP contribution in [0.5, 0.6) is 0 Å². The standard InChI is InChI=1S/C16H24BrFN2.2ClH/c1-2-3-4-5-16(20-10-8-19-9-11-20)13-6-7-14(17)15(18)12-13;;/h6-7,12,16,19H,2-5,8-11H2,1H3;2*1H/t16-;;/m1../s1. The van der Waals surface area contributed by atoms with Crippen LogP contribution in [0.1, 0.15) is 44.2 Å². The fourth-order valence-corrected chi connectivity index (χ4v) is 3.11. The highest BCUT2D eigenvalue weighted by atomic mass is 79.9. The molecule has 0 bridgehead atoms. The molecule has 0 aliphatic carbocycles. The Balaban J connectivity index is 0.00000220. The monoisotopic (exact) mass is 414 g/mol. The van der Waals surface area contributed by atoms with Gasteiger partial charge in [-0.15, -0.1) is 24.8 Å². The molecule has 128 valence electrons. The molecule has 22 heavy (non-hydrogen) atoms. The summed E-state index contributed by atoms with van der Waals surface area (Å²) in [5.74, 6) is -0.155. The van der Waals surface area contributed by atoms with E-state index >= 15 is 0 Å². The predicted octanol–water partition coefficient (Wildman–Crippen LogP) is 4.96. The molecule has 1 heterocycles. The highest BCUT2D eigenvalue weighted by Gasteiger charge is 2.22. The highest BCUT2D eigenvalue weighted by molar-refractivity contribution is 9.10. The molecule has 0 radical (unpaired) electrons. The first-order chi connectivity index (χ1) is 9.72. The third-order valence-corrected chi connectivity index (χ3v) is 4.65. The Hall–Kier alpha value is 0.130. The zero-order chi connectivity index (χ0) is 14.4. The van der Waals surface area contributed by atoms with E-state index in [0.29, 0.717) is 10.5 Å². The van der Waals surface area contributed by atoms with Crippen molar-refractivity contribution in [2.45, 2.75) is 38.6 Å². The third kappa shape index (κ3) is 6.32. The van der Waals surface area contributed by atoms with Gasteiger partial charge in [-0.3, -0.25) is 4.90 Å². The van der Waals surface area contributed by atoms with Crippen LogP contribution in [0.25, 0.3) is 0 Å². The van der Waals surface area contributed by atoms with Crippen LogP contribution < -0.4 is 5.32 Å². The molecule has 0 saturated carbocycles. The molecule has 0 unspecified atom stereocenters. The Morgan fingerprint density at radius 3 is 2.50 bits per heavy atom. The van der Waals surface area contributed by atoms with Crippen LogP contribution in [-0.4, -0.2) is 31.1 Å². The molecular weight excluding hydrogens is 390 g/mol. The molecule has 1 aliphatic rings. The van der Waals surface area contributed by atoms with Gasteiger partial charge < -0.3 is 5.32 Å². The maximum absolute atomic E-state index is 13.8. The van der Waals surface area contributed by atoms with Gasteiger partial charge in [-0.05, 0) is 40.0 Å². The first kappa shape index (κ1) is 22.1. The SMILES string of the molecule is CCCCC[C@H](c1ccc(Br)c(F)c1)N1CCNCC1.Cl.Cl. The molecule has 1 aromatic rings. The summed E-state index contributed by atoms with van der Waals surface area (Å²) in [6.45, 7) is 6.38. The lowest BCUT2D eigenvalue weighted by Crippen LogP contribution is -2.45. The molecule has 2 nitrogen and oxygen atoms in total. The maximum Gasteiger partial charge on any atom is 0.137 e. The van der Waals surface area contributed by atoms with E-state index in [1.165, 1.54) is 19.3 Å². The minimum absolute atomic E-state index is 0. The molecular formula is C16H26BrCl2FN2. The summed E-state index contributed by atoms with van der Waals surface area (Å²) in [6.07, 6.45) is 4.81. The summed E-state index contributed by atoms with van der Waals surface area (Å²) < 4.78 is 14.4. The van der Waals surface area contributed by atoms with E-state index < -0.39 is 0 Å². The van der Waals surface area contributed by atoms with Gasteiger partial charge in [-0.25, -0.2) is 4.39 Å². The topological polar surface area (TPSA) is 15.3 Å². The highest BCUT2D eigenvalue weighted by Crippen LogP contribution is 2.29. The van der Waals surface area contributed by atoms with Gasteiger partial charge in [-0.2, -0.15) is 0 Å². The summed E-state index contributed by atoms with van der Waals surface area (Å²) in [7, 11) is 0. The van der Waals surface area contributed by atoms with E-state index in [1.807, 2.05) is 6.07 Å². The van der Waals surface area contributed by atoms with Crippen LogP contribution in [-0.2, 0) is 0 Å². The van der Waals surface area contributed by atoms with Crippen molar-refractivity contribution in [3.8, 4) is 0 Å². The fourth-order valence-electron chi connectivity index (χ4n) is 2.86. The van der Waals surface area contributed by atoms with E-state index in [0.717, 1.165) is 38.2 Å². The quantitative estimate of drug-likeness (QED) is 0.660. The Morgan fingerprint density at radius 2 is 1.91 bits per heavy atom. The van der Waals surface area contributed by atoms with Crippen molar-refractivity contribution in [3.63, 3.8) is 0 Å². The first-order valence-corrected chi connectivity index (χ1v) is 8.41. The van der Waals surface area contributed by atoms with Crippen LogP contribution in [0.2, 0.25) is 0 Å². The smallest absolute Gasteiger partial charge is 0.137 e. The number of hydrogen-bond donors (Lipinski definition) is 1. The average Bonchev–Trinajstić information content (AvgIpc) is 2.48. The molecule has 0 aromatic heterocycles. The number of halogens is 4. The Morgan fingerprint density at radius 1 is 1.23 bits per heavy atom. The summed E-state index contributed by atoms with van der Waals surface area (Å²) in [4.78, 5) is 2.49. The zero-order valence-electron chi connectivity index (χ0n) is 13.0. The number of unbranched alkanes of at least 4 members (excludes halogenated alkanes) is 2. The number of hydrogen-bond acceptors (Lipinski definition) is 2. The Bertz CT molecular complexity index is 429. The number of nitrogens with zero attached hydrogens (tertiary/aromatic N) is 1. The zero-order valence-corrected chi connectivity index (χ0v) is 16.2. The van der Waals surface area contributed by atoms with Crippen molar-refractivity contribution in [3.05, 3.63) is 34.1 Å². The van der Waals surface area contributed by atoms with Crippen LogP contribution in [0.3, 0.4) is 0 Å². The van der Waals surface area contributed by atoms with Gasteiger partial charge in [0, 0.05) is 32.2 Å². The van der Waals surface area contributed by atoms with Crippen molar-refractivity contribution in [2.24, 2.45) is 0 Å². The third-order valence-electron chi connectivity index (χ3n) is 4.00. The van der Waals surface area contributed by atoms with Gasteiger partial charge in [0.25, 0.3) is 0 Å². The lowest BCUT2D eigenvalue weighted by atomic mass is 9.98. The van der Waals surface area contributed by atoms with Crippen LogP contribution in [0, 0.1) is 5.82 Å². The molecule has 1 N–H and O–H groups in total. The second-order valence-electron chi connectivity index (χ2n) is 5.47. The van der Waals surface area contributed by atoms with Gasteiger partial charge in [0.05, 0.1) is 4.47 Å². The molecule has 1 fully saturated rings. The van der Waals surface area contributed by atoms with E-state index in [9.17, 15) is 4.39 Å². The van der Waals surface area contributed by atoms with Gasteiger partial charge in [0.15, 0.2) is 0 Å². The Labute approximate surface area is 154 Å². The normalized spacial score (nSPS) is 16.5. The minimum Gasteiger partial charge on any atom is -0.314 e. The van der Waals surface area contributed by atoms with Gasteiger partial charge in [0.2, 0.25) is 0 Å². The van der Waals surface area contributed by atoms with Crippen LogP contribution in [0.4, 0.5) is 4.39 Å². The Kier molecular flexibility index (Phi) is 11.7. The van der Waals surface area contributed by atoms with Crippen LogP contribution in [0.15, 0.2) is 22.7 Å².